The average Bonchev–Trinajstić information content (AvgIpc) is 2.37. The largest absolute Gasteiger partial charge is 0.399 e. The number of hydrogen-bond acceptors (Lipinski definition) is 4. The van der Waals surface area contributed by atoms with Crippen LogP contribution in [0.1, 0.15) is 11.1 Å². The molecule has 0 aliphatic heterocycles. The molecule has 3 N–H and O–H groups in total. The van der Waals surface area contributed by atoms with Crippen LogP contribution in [0.2, 0.25) is 0 Å². The summed E-state index contributed by atoms with van der Waals surface area (Å²) in [6.07, 6.45) is 1.91. The first-order valence-electron chi connectivity index (χ1n) is 6.37. The number of nitrogen functional groups attached to an aromatic ring is 1. The summed E-state index contributed by atoms with van der Waals surface area (Å²) in [5.74, 6) is 0. The van der Waals surface area contributed by atoms with Gasteiger partial charge in [0.25, 0.3) is 10.0 Å². The van der Waals surface area contributed by atoms with Gasteiger partial charge in [-0.15, -0.1) is 11.8 Å². The number of benzene rings is 2. The molecule has 0 heterocycles. The number of nitrogens with two attached hydrogens (primary N) is 1. The predicted octanol–water partition coefficient (Wildman–Crippen LogP) is 3.41. The zero-order chi connectivity index (χ0) is 15.6. The Morgan fingerprint density at radius 2 is 1.67 bits per heavy atom. The Bertz CT molecular complexity index is 748. The number of anilines is 2. The van der Waals surface area contributed by atoms with Crippen molar-refractivity contribution in [3.05, 3.63) is 47.5 Å². The van der Waals surface area contributed by atoms with Gasteiger partial charge >= 0.3 is 0 Å². The molecule has 4 nitrogen and oxygen atoms in total. The second-order valence-electron chi connectivity index (χ2n) is 4.79. The van der Waals surface area contributed by atoms with Crippen LogP contribution in [-0.2, 0) is 10.0 Å². The number of rotatable bonds is 4. The Morgan fingerprint density at radius 3 is 2.24 bits per heavy atom. The summed E-state index contributed by atoms with van der Waals surface area (Å²) < 4.78 is 28.0. The molecule has 112 valence electrons. The van der Waals surface area contributed by atoms with E-state index in [1.165, 1.54) is 11.8 Å². The van der Waals surface area contributed by atoms with Crippen molar-refractivity contribution in [2.75, 3.05) is 16.7 Å². The fourth-order valence-electron chi connectivity index (χ4n) is 2.33. The van der Waals surface area contributed by atoms with Gasteiger partial charge in [-0.1, -0.05) is 12.1 Å². The Kier molecular flexibility index (Phi) is 4.49. The number of hydrogen-bond donors (Lipinski definition) is 2. The molecule has 0 bridgehead atoms. The van der Waals surface area contributed by atoms with Crippen molar-refractivity contribution in [3.63, 3.8) is 0 Å². The van der Waals surface area contributed by atoms with Gasteiger partial charge < -0.3 is 5.73 Å². The van der Waals surface area contributed by atoms with Gasteiger partial charge in [0.15, 0.2) is 0 Å². The van der Waals surface area contributed by atoms with E-state index in [0.717, 1.165) is 4.90 Å². The third-order valence-corrected chi connectivity index (χ3v) is 5.57. The Balaban J connectivity index is 2.49. The summed E-state index contributed by atoms with van der Waals surface area (Å²) in [7, 11) is -3.64. The molecule has 0 aliphatic rings. The summed E-state index contributed by atoms with van der Waals surface area (Å²) in [4.78, 5) is 1.17. The minimum Gasteiger partial charge on any atom is -0.399 e. The molecule has 0 saturated carbocycles. The van der Waals surface area contributed by atoms with Crippen LogP contribution < -0.4 is 10.5 Å². The Labute approximate surface area is 129 Å². The highest BCUT2D eigenvalue weighted by atomic mass is 32.2. The third kappa shape index (κ3) is 3.33. The van der Waals surface area contributed by atoms with Gasteiger partial charge in [-0.3, -0.25) is 4.72 Å². The molecule has 0 saturated heterocycles. The van der Waals surface area contributed by atoms with Crippen molar-refractivity contribution in [1.29, 1.82) is 0 Å². The van der Waals surface area contributed by atoms with E-state index in [0.29, 0.717) is 22.5 Å². The average molecular weight is 322 g/mol. The lowest BCUT2D eigenvalue weighted by atomic mass is 10.1. The second-order valence-corrected chi connectivity index (χ2v) is 7.26. The highest BCUT2D eigenvalue weighted by Crippen LogP contribution is 2.29. The molecule has 6 heteroatoms. The van der Waals surface area contributed by atoms with E-state index in [4.69, 9.17) is 5.73 Å². The van der Waals surface area contributed by atoms with Gasteiger partial charge in [-0.25, -0.2) is 8.42 Å². The van der Waals surface area contributed by atoms with Crippen LogP contribution in [0.3, 0.4) is 0 Å². The molecule has 0 atom stereocenters. The number of para-hydroxylation sites is 1. The van der Waals surface area contributed by atoms with Gasteiger partial charge in [-0.05, 0) is 55.5 Å². The lowest BCUT2D eigenvalue weighted by Gasteiger charge is -2.15. The molecule has 0 radical (unpaired) electrons. The molecule has 0 aromatic heterocycles. The maximum Gasteiger partial charge on any atom is 0.262 e. The van der Waals surface area contributed by atoms with Gasteiger partial charge in [0.05, 0.1) is 10.6 Å². The third-order valence-electron chi connectivity index (χ3n) is 3.10. The van der Waals surface area contributed by atoms with Crippen LogP contribution >= 0.6 is 11.8 Å². The minimum absolute atomic E-state index is 0.285. The van der Waals surface area contributed by atoms with Crippen LogP contribution in [0.5, 0.6) is 0 Å². The number of sulfonamides is 1. The van der Waals surface area contributed by atoms with E-state index in [9.17, 15) is 8.42 Å². The molecule has 0 fully saturated rings. The monoisotopic (exact) mass is 322 g/mol. The Morgan fingerprint density at radius 1 is 1.10 bits per heavy atom. The van der Waals surface area contributed by atoms with E-state index in [1.54, 1.807) is 38.1 Å². The van der Waals surface area contributed by atoms with E-state index < -0.39 is 10.0 Å². The first-order valence-corrected chi connectivity index (χ1v) is 9.08. The van der Waals surface area contributed by atoms with Crippen molar-refractivity contribution in [2.45, 2.75) is 23.6 Å². The molecule has 0 unspecified atom stereocenters. The highest BCUT2D eigenvalue weighted by molar-refractivity contribution is 7.99. The van der Waals surface area contributed by atoms with Gasteiger partial charge in [0, 0.05) is 10.6 Å². The molecular weight excluding hydrogens is 304 g/mol. The normalized spacial score (nSPS) is 11.4. The number of nitrogens with one attached hydrogen (secondary N) is 1. The maximum absolute atomic E-state index is 12.7. The van der Waals surface area contributed by atoms with Crippen LogP contribution in [0, 0.1) is 13.8 Å². The van der Waals surface area contributed by atoms with Crippen molar-refractivity contribution >= 4 is 33.2 Å². The lowest BCUT2D eigenvalue weighted by Crippen LogP contribution is -2.16. The molecule has 0 amide bonds. The zero-order valence-corrected chi connectivity index (χ0v) is 13.8. The molecule has 2 rings (SSSR count). The van der Waals surface area contributed by atoms with Crippen LogP contribution in [0.25, 0.3) is 0 Å². The van der Waals surface area contributed by atoms with Crippen molar-refractivity contribution < 1.29 is 8.42 Å². The first kappa shape index (κ1) is 15.7. The molecule has 2 aromatic carbocycles. The van der Waals surface area contributed by atoms with Crippen molar-refractivity contribution in [3.8, 4) is 0 Å². The molecule has 0 spiro atoms. The summed E-state index contributed by atoms with van der Waals surface area (Å²) in [5.41, 5.74) is 8.18. The number of thioether (sulfide) groups is 1. The molecule has 0 aliphatic carbocycles. The Hall–Kier alpha value is -1.66. The molecular formula is C15H18N2O2S2. The van der Waals surface area contributed by atoms with Crippen LogP contribution in [0.4, 0.5) is 11.4 Å². The van der Waals surface area contributed by atoms with Gasteiger partial charge in [0.2, 0.25) is 0 Å². The summed E-state index contributed by atoms with van der Waals surface area (Å²) in [5, 5.41) is 0. The first-order chi connectivity index (χ1) is 9.85. The summed E-state index contributed by atoms with van der Waals surface area (Å²) >= 11 is 1.50. The topological polar surface area (TPSA) is 72.2 Å². The fourth-order valence-corrected chi connectivity index (χ4v) is 4.49. The van der Waals surface area contributed by atoms with E-state index >= 15 is 0 Å². The highest BCUT2D eigenvalue weighted by Gasteiger charge is 2.21. The quantitative estimate of drug-likeness (QED) is 0.668. The van der Waals surface area contributed by atoms with Crippen molar-refractivity contribution in [2.24, 2.45) is 0 Å². The lowest BCUT2D eigenvalue weighted by molar-refractivity contribution is 0.600. The molecule has 21 heavy (non-hydrogen) atoms. The smallest absolute Gasteiger partial charge is 0.262 e. The van der Waals surface area contributed by atoms with Crippen LogP contribution in [-0.4, -0.2) is 14.7 Å². The predicted molar refractivity (Wildman–Crippen MR) is 89.4 cm³/mol. The minimum atomic E-state index is -3.64. The molecule has 2 aromatic rings. The fraction of sp³-hybridized carbons (Fsp3) is 0.200. The summed E-state index contributed by atoms with van der Waals surface area (Å²) in [6.45, 7) is 3.50. The van der Waals surface area contributed by atoms with Gasteiger partial charge in [0.1, 0.15) is 0 Å². The maximum atomic E-state index is 12.7. The van der Waals surface area contributed by atoms with Crippen LogP contribution in [0.15, 0.2) is 46.2 Å². The van der Waals surface area contributed by atoms with E-state index in [1.807, 2.05) is 18.4 Å². The zero-order valence-electron chi connectivity index (χ0n) is 12.2. The summed E-state index contributed by atoms with van der Waals surface area (Å²) in [6, 6.07) is 10.7. The number of aryl methyl sites for hydroxylation is 2. The second kappa shape index (κ2) is 5.99. The van der Waals surface area contributed by atoms with E-state index in [2.05, 4.69) is 4.72 Å². The SMILES string of the molecule is CSc1ccccc1NS(=O)(=O)c1c(C)cc(N)cc1C. The standard InChI is InChI=1S/C15H18N2O2S2/c1-10-8-12(16)9-11(2)15(10)21(18,19)17-13-6-4-5-7-14(13)20-3/h4-9,17H,16H2,1-3H3. The van der Waals surface area contributed by atoms with Gasteiger partial charge in [-0.2, -0.15) is 0 Å². The van der Waals surface area contributed by atoms with E-state index in [-0.39, 0.29) is 4.90 Å². The van der Waals surface area contributed by atoms with Crippen molar-refractivity contribution in [1.82, 2.24) is 0 Å².